The Morgan fingerprint density at radius 2 is 2.16 bits per heavy atom. The van der Waals surface area contributed by atoms with Gasteiger partial charge in [0.05, 0.1) is 0 Å². The van der Waals surface area contributed by atoms with Crippen LogP contribution in [-0.4, -0.2) is 43.6 Å². The molecule has 1 spiro atoms. The van der Waals surface area contributed by atoms with Gasteiger partial charge in [-0.3, -0.25) is 4.79 Å². The van der Waals surface area contributed by atoms with Crippen LogP contribution in [0, 0.1) is 5.41 Å². The minimum Gasteiger partial charge on any atom is -0.484 e. The van der Waals surface area contributed by atoms with Gasteiger partial charge >= 0.3 is 5.63 Å². The van der Waals surface area contributed by atoms with Crippen molar-refractivity contribution in [1.82, 2.24) is 10.2 Å². The van der Waals surface area contributed by atoms with Crippen LogP contribution in [0.3, 0.4) is 0 Å². The molecule has 2 aliphatic heterocycles. The largest absolute Gasteiger partial charge is 0.484 e. The molecule has 2 aliphatic rings. The molecule has 4 rings (SSSR count). The van der Waals surface area contributed by atoms with Crippen LogP contribution in [0.2, 0.25) is 0 Å². The van der Waals surface area contributed by atoms with Gasteiger partial charge in [0.15, 0.2) is 6.61 Å². The van der Waals surface area contributed by atoms with E-state index in [-0.39, 0.29) is 17.9 Å². The molecule has 1 aromatic carbocycles. The van der Waals surface area contributed by atoms with Gasteiger partial charge in [-0.2, -0.15) is 0 Å². The van der Waals surface area contributed by atoms with Crippen LogP contribution < -0.4 is 15.7 Å². The quantitative estimate of drug-likeness (QED) is 0.861. The number of hydrogen-bond donors (Lipinski definition) is 1. The van der Waals surface area contributed by atoms with Gasteiger partial charge in [0.1, 0.15) is 11.3 Å². The number of carbonyl (C=O) groups excluding carboxylic acids is 1. The van der Waals surface area contributed by atoms with Gasteiger partial charge in [0, 0.05) is 42.6 Å². The van der Waals surface area contributed by atoms with Crippen molar-refractivity contribution in [2.75, 3.05) is 32.8 Å². The van der Waals surface area contributed by atoms with Crippen LogP contribution in [0.4, 0.5) is 0 Å². The first-order chi connectivity index (χ1) is 12.1. The van der Waals surface area contributed by atoms with E-state index in [2.05, 4.69) is 5.32 Å². The van der Waals surface area contributed by atoms with Gasteiger partial charge in [-0.05, 0) is 44.0 Å². The third-order valence-electron chi connectivity index (χ3n) is 5.31. The summed E-state index contributed by atoms with van der Waals surface area (Å²) in [6, 6.07) is 8.34. The molecular formula is C19H22N2O4. The molecule has 2 aromatic rings. The second-order valence-corrected chi connectivity index (χ2v) is 7.09. The highest BCUT2D eigenvalue weighted by Crippen LogP contribution is 2.36. The van der Waals surface area contributed by atoms with E-state index >= 15 is 0 Å². The second kappa shape index (κ2) is 6.52. The number of carbonyl (C=O) groups is 1. The second-order valence-electron chi connectivity index (χ2n) is 7.09. The van der Waals surface area contributed by atoms with Gasteiger partial charge in [-0.15, -0.1) is 0 Å². The molecular weight excluding hydrogens is 320 g/mol. The van der Waals surface area contributed by atoms with E-state index in [1.807, 2.05) is 11.0 Å². The molecule has 6 nitrogen and oxygen atoms in total. The molecule has 132 valence electrons. The first-order valence-corrected chi connectivity index (χ1v) is 8.79. The average molecular weight is 342 g/mol. The van der Waals surface area contributed by atoms with Gasteiger partial charge in [-0.1, -0.05) is 0 Å². The van der Waals surface area contributed by atoms with Gasteiger partial charge in [-0.25, -0.2) is 4.79 Å². The monoisotopic (exact) mass is 342 g/mol. The molecule has 2 saturated heterocycles. The molecule has 1 amide bonds. The van der Waals surface area contributed by atoms with E-state index in [4.69, 9.17) is 9.15 Å². The number of nitrogens with zero attached hydrogens (tertiary/aromatic N) is 1. The number of ether oxygens (including phenoxy) is 1. The summed E-state index contributed by atoms with van der Waals surface area (Å²) < 4.78 is 10.8. The number of rotatable bonds is 3. The number of fused-ring (bicyclic) bond motifs is 1. The van der Waals surface area contributed by atoms with E-state index in [1.165, 1.54) is 18.9 Å². The average Bonchev–Trinajstić information content (AvgIpc) is 3.03. The van der Waals surface area contributed by atoms with Crippen molar-refractivity contribution in [3.8, 4) is 5.75 Å². The molecule has 0 saturated carbocycles. The first-order valence-electron chi connectivity index (χ1n) is 8.79. The minimum absolute atomic E-state index is 0.00603. The molecule has 6 heteroatoms. The van der Waals surface area contributed by atoms with E-state index in [0.29, 0.717) is 11.3 Å². The lowest BCUT2D eigenvalue weighted by atomic mass is 9.80. The van der Waals surface area contributed by atoms with E-state index in [9.17, 15) is 9.59 Å². The van der Waals surface area contributed by atoms with Crippen molar-refractivity contribution in [3.63, 3.8) is 0 Å². The topological polar surface area (TPSA) is 71.8 Å². The molecule has 0 aliphatic carbocycles. The Balaban J connectivity index is 1.38. The molecule has 1 atom stereocenters. The van der Waals surface area contributed by atoms with Crippen LogP contribution in [0.25, 0.3) is 11.0 Å². The van der Waals surface area contributed by atoms with Crippen molar-refractivity contribution >= 4 is 16.9 Å². The summed E-state index contributed by atoms with van der Waals surface area (Å²) in [6.45, 7) is 3.70. The van der Waals surface area contributed by atoms with Gasteiger partial charge in [0.25, 0.3) is 5.91 Å². The zero-order valence-electron chi connectivity index (χ0n) is 14.1. The maximum atomic E-state index is 12.5. The summed E-state index contributed by atoms with van der Waals surface area (Å²) in [5.41, 5.74) is 0.315. The summed E-state index contributed by atoms with van der Waals surface area (Å²) in [5.74, 6) is 0.542. The number of hydrogen-bond acceptors (Lipinski definition) is 5. The molecule has 3 heterocycles. The van der Waals surface area contributed by atoms with E-state index in [0.717, 1.165) is 38.0 Å². The highest BCUT2D eigenvalue weighted by molar-refractivity contribution is 5.79. The Morgan fingerprint density at radius 1 is 1.28 bits per heavy atom. The van der Waals surface area contributed by atoms with Crippen LogP contribution in [0.15, 0.2) is 39.5 Å². The lowest BCUT2D eigenvalue weighted by molar-refractivity contribution is -0.132. The van der Waals surface area contributed by atoms with Crippen molar-refractivity contribution < 1.29 is 13.9 Å². The number of piperidine rings is 1. The van der Waals surface area contributed by atoms with Crippen molar-refractivity contribution in [2.24, 2.45) is 5.41 Å². The Labute approximate surface area is 145 Å². The standard InChI is InChI=1S/C19H22N2O4/c22-17(21-9-7-19(13-21)6-1-8-20-12-19)11-24-15-4-2-14-3-5-18(23)25-16(14)10-15/h2-5,10,20H,1,6-9,11-13H2. The van der Waals surface area contributed by atoms with Gasteiger partial charge in [0.2, 0.25) is 0 Å². The summed E-state index contributed by atoms with van der Waals surface area (Å²) in [4.78, 5) is 25.7. The molecule has 1 aromatic heterocycles. The lowest BCUT2D eigenvalue weighted by Gasteiger charge is -2.33. The normalized spacial score (nSPS) is 23.3. The van der Waals surface area contributed by atoms with Crippen LogP contribution in [0.5, 0.6) is 5.75 Å². The Morgan fingerprint density at radius 3 is 3.00 bits per heavy atom. The predicted molar refractivity (Wildman–Crippen MR) is 93.7 cm³/mol. The highest BCUT2D eigenvalue weighted by Gasteiger charge is 2.40. The minimum atomic E-state index is -0.399. The lowest BCUT2D eigenvalue weighted by Crippen LogP contribution is -2.43. The Bertz CT molecular complexity index is 839. The van der Waals surface area contributed by atoms with Crippen molar-refractivity contribution in [2.45, 2.75) is 19.3 Å². The molecule has 1 unspecified atom stereocenters. The molecule has 1 N–H and O–H groups in total. The van der Waals surface area contributed by atoms with E-state index in [1.54, 1.807) is 18.2 Å². The third kappa shape index (κ3) is 3.39. The number of nitrogens with one attached hydrogen (secondary N) is 1. The Kier molecular flexibility index (Phi) is 4.21. The van der Waals surface area contributed by atoms with Gasteiger partial charge < -0.3 is 19.4 Å². The maximum Gasteiger partial charge on any atom is 0.336 e. The van der Waals surface area contributed by atoms with Crippen LogP contribution >= 0.6 is 0 Å². The highest BCUT2D eigenvalue weighted by atomic mass is 16.5. The van der Waals surface area contributed by atoms with Crippen molar-refractivity contribution in [3.05, 3.63) is 40.8 Å². The summed E-state index contributed by atoms with van der Waals surface area (Å²) >= 11 is 0. The maximum absolute atomic E-state index is 12.5. The SMILES string of the molecule is O=C(COc1ccc2ccc(=O)oc2c1)N1CCC2(CCCNC2)C1. The summed E-state index contributed by atoms with van der Waals surface area (Å²) in [5, 5.41) is 4.27. The molecule has 2 fully saturated rings. The number of benzene rings is 1. The molecule has 25 heavy (non-hydrogen) atoms. The third-order valence-corrected chi connectivity index (χ3v) is 5.31. The zero-order valence-corrected chi connectivity index (χ0v) is 14.1. The first kappa shape index (κ1) is 16.1. The smallest absolute Gasteiger partial charge is 0.336 e. The predicted octanol–water partition coefficient (Wildman–Crippen LogP) is 1.77. The molecule has 0 radical (unpaired) electrons. The van der Waals surface area contributed by atoms with Crippen LogP contribution in [-0.2, 0) is 4.79 Å². The van der Waals surface area contributed by atoms with Crippen LogP contribution in [0.1, 0.15) is 19.3 Å². The fraction of sp³-hybridized carbons (Fsp3) is 0.474. The number of likely N-dealkylation sites (tertiary alicyclic amines) is 1. The fourth-order valence-corrected chi connectivity index (χ4v) is 3.89. The number of amides is 1. The van der Waals surface area contributed by atoms with Crippen molar-refractivity contribution in [1.29, 1.82) is 0 Å². The molecule has 0 bridgehead atoms. The summed E-state index contributed by atoms with van der Waals surface area (Å²) in [6.07, 6.45) is 3.43. The zero-order chi connectivity index (χ0) is 17.3. The fourth-order valence-electron chi connectivity index (χ4n) is 3.89. The summed E-state index contributed by atoms with van der Waals surface area (Å²) in [7, 11) is 0. The van der Waals surface area contributed by atoms with E-state index < -0.39 is 5.63 Å². The Hall–Kier alpha value is -2.34.